The minimum absolute atomic E-state index is 0. The molecule has 5 heteroatoms. The largest absolute Gasteiger partial charge is 0.465 e. The van der Waals surface area contributed by atoms with Crippen molar-refractivity contribution in [2.45, 2.75) is 26.3 Å². The van der Waals surface area contributed by atoms with Crippen LogP contribution in [-0.4, -0.2) is 36.3 Å². The van der Waals surface area contributed by atoms with Gasteiger partial charge < -0.3 is 4.74 Å². The van der Waals surface area contributed by atoms with E-state index in [0.717, 1.165) is 13.1 Å². The lowest BCUT2D eigenvalue weighted by molar-refractivity contribution is -0.151. The molecule has 1 heterocycles. The number of halogens is 1. The Morgan fingerprint density at radius 2 is 2.00 bits per heavy atom. The van der Waals surface area contributed by atoms with Crippen molar-refractivity contribution in [1.82, 2.24) is 4.90 Å². The maximum Gasteiger partial charge on any atom is 0.316 e. The molecule has 0 amide bonds. The van der Waals surface area contributed by atoms with Gasteiger partial charge in [-0.3, -0.25) is 14.5 Å². The van der Waals surface area contributed by atoms with Crippen molar-refractivity contribution in [2.75, 3.05) is 19.7 Å². The maximum absolute atomic E-state index is 12.0. The second kappa shape index (κ2) is 8.80. The van der Waals surface area contributed by atoms with Crippen molar-refractivity contribution in [3.05, 3.63) is 35.9 Å². The number of benzene rings is 1. The predicted molar refractivity (Wildman–Crippen MR) is 83.3 cm³/mol. The van der Waals surface area contributed by atoms with Gasteiger partial charge in [0.05, 0.1) is 6.61 Å². The Labute approximate surface area is 131 Å². The lowest BCUT2D eigenvalue weighted by atomic mass is 10.00. The number of carbonyl (C=O) groups excluding carboxylic acids is 2. The molecule has 1 aliphatic heterocycles. The molecule has 0 aliphatic carbocycles. The number of nitrogens with zero attached hydrogens (tertiary/aromatic N) is 1. The average Bonchev–Trinajstić information content (AvgIpc) is 2.63. The molecule has 1 unspecified atom stereocenters. The fourth-order valence-corrected chi connectivity index (χ4v) is 2.52. The quantitative estimate of drug-likeness (QED) is 0.633. The van der Waals surface area contributed by atoms with E-state index >= 15 is 0 Å². The number of rotatable bonds is 4. The monoisotopic (exact) mass is 311 g/mol. The Hall–Kier alpha value is -1.39. The first-order chi connectivity index (χ1) is 9.70. The summed E-state index contributed by atoms with van der Waals surface area (Å²) in [7, 11) is 0. The van der Waals surface area contributed by atoms with E-state index in [-0.39, 0.29) is 24.2 Å². The summed E-state index contributed by atoms with van der Waals surface area (Å²) in [4.78, 5) is 26.0. The fourth-order valence-electron chi connectivity index (χ4n) is 2.52. The van der Waals surface area contributed by atoms with Crippen LogP contribution >= 0.6 is 12.4 Å². The SMILES string of the molecule is CCOC(=O)C1CCN(Cc2ccccc2)CCC1=O.Cl. The van der Waals surface area contributed by atoms with E-state index in [2.05, 4.69) is 17.0 Å². The van der Waals surface area contributed by atoms with E-state index in [1.165, 1.54) is 5.56 Å². The van der Waals surface area contributed by atoms with E-state index in [1.807, 2.05) is 18.2 Å². The summed E-state index contributed by atoms with van der Waals surface area (Å²) >= 11 is 0. The van der Waals surface area contributed by atoms with E-state index in [1.54, 1.807) is 6.92 Å². The Morgan fingerprint density at radius 3 is 2.67 bits per heavy atom. The highest BCUT2D eigenvalue weighted by Crippen LogP contribution is 2.17. The third kappa shape index (κ3) is 5.14. The van der Waals surface area contributed by atoms with Crippen LogP contribution in [0.2, 0.25) is 0 Å². The number of hydrogen-bond donors (Lipinski definition) is 0. The van der Waals surface area contributed by atoms with Gasteiger partial charge in [-0.2, -0.15) is 0 Å². The smallest absolute Gasteiger partial charge is 0.316 e. The number of Topliss-reactive ketones (excluding diaryl/α,β-unsaturated/α-hetero) is 1. The zero-order valence-electron chi connectivity index (χ0n) is 12.3. The topological polar surface area (TPSA) is 46.6 Å². The molecule has 0 bridgehead atoms. The molecule has 1 aromatic carbocycles. The van der Waals surface area contributed by atoms with Crippen molar-refractivity contribution >= 4 is 24.2 Å². The van der Waals surface area contributed by atoms with Crippen LogP contribution in [0.3, 0.4) is 0 Å². The molecule has 2 rings (SSSR count). The number of ether oxygens (including phenoxy) is 1. The first-order valence-electron chi connectivity index (χ1n) is 7.16. The lowest BCUT2D eigenvalue weighted by Gasteiger charge is -2.19. The van der Waals surface area contributed by atoms with Crippen molar-refractivity contribution < 1.29 is 14.3 Å². The molecule has 1 aromatic rings. The van der Waals surface area contributed by atoms with Crippen LogP contribution in [0.4, 0.5) is 0 Å². The van der Waals surface area contributed by atoms with Crippen LogP contribution in [0.25, 0.3) is 0 Å². The van der Waals surface area contributed by atoms with Crippen LogP contribution in [0.15, 0.2) is 30.3 Å². The number of esters is 1. The van der Waals surface area contributed by atoms with Gasteiger partial charge in [-0.05, 0) is 25.5 Å². The zero-order valence-corrected chi connectivity index (χ0v) is 13.1. The lowest BCUT2D eigenvalue weighted by Crippen LogP contribution is -2.26. The van der Waals surface area contributed by atoms with Crippen molar-refractivity contribution in [3.63, 3.8) is 0 Å². The molecular weight excluding hydrogens is 290 g/mol. The molecule has 1 saturated heterocycles. The molecule has 0 aromatic heterocycles. The van der Waals surface area contributed by atoms with Gasteiger partial charge in [0.25, 0.3) is 0 Å². The van der Waals surface area contributed by atoms with Gasteiger partial charge in [0.2, 0.25) is 0 Å². The van der Waals surface area contributed by atoms with Crippen LogP contribution in [-0.2, 0) is 20.9 Å². The van der Waals surface area contributed by atoms with Gasteiger partial charge in [-0.1, -0.05) is 30.3 Å². The minimum Gasteiger partial charge on any atom is -0.465 e. The number of ketones is 1. The van der Waals surface area contributed by atoms with Gasteiger partial charge in [-0.15, -0.1) is 12.4 Å². The summed E-state index contributed by atoms with van der Waals surface area (Å²) in [5.74, 6) is -0.922. The summed E-state index contributed by atoms with van der Waals surface area (Å²) in [5.41, 5.74) is 1.23. The predicted octanol–water partition coefficient (Wildman–Crippen LogP) is 2.45. The highest BCUT2D eigenvalue weighted by atomic mass is 35.5. The molecule has 1 fully saturated rings. The molecule has 4 nitrogen and oxygen atoms in total. The summed E-state index contributed by atoms with van der Waals surface area (Å²) in [6.07, 6.45) is 0.987. The summed E-state index contributed by atoms with van der Waals surface area (Å²) in [6.45, 7) is 4.38. The second-order valence-corrected chi connectivity index (χ2v) is 5.07. The summed E-state index contributed by atoms with van der Waals surface area (Å²) in [6, 6.07) is 10.2. The first-order valence-corrected chi connectivity index (χ1v) is 7.16. The Bertz CT molecular complexity index is 464. The molecule has 0 saturated carbocycles. The summed E-state index contributed by atoms with van der Waals surface area (Å²) in [5, 5.41) is 0. The molecular formula is C16H22ClNO3. The minimum atomic E-state index is -0.573. The van der Waals surface area contributed by atoms with E-state index < -0.39 is 5.92 Å². The van der Waals surface area contributed by atoms with Crippen LogP contribution in [0, 0.1) is 5.92 Å². The summed E-state index contributed by atoms with van der Waals surface area (Å²) < 4.78 is 4.98. The van der Waals surface area contributed by atoms with Crippen molar-refractivity contribution in [3.8, 4) is 0 Å². The van der Waals surface area contributed by atoms with Crippen molar-refractivity contribution in [1.29, 1.82) is 0 Å². The zero-order chi connectivity index (χ0) is 14.4. The van der Waals surface area contributed by atoms with Gasteiger partial charge >= 0.3 is 5.97 Å². The molecule has 0 N–H and O–H groups in total. The first kappa shape index (κ1) is 17.7. The fraction of sp³-hybridized carbons (Fsp3) is 0.500. The third-order valence-electron chi connectivity index (χ3n) is 3.62. The molecule has 1 aliphatic rings. The van der Waals surface area contributed by atoms with E-state index in [0.29, 0.717) is 26.0 Å². The maximum atomic E-state index is 12.0. The third-order valence-corrected chi connectivity index (χ3v) is 3.62. The van der Waals surface area contributed by atoms with Crippen LogP contribution in [0.1, 0.15) is 25.3 Å². The highest BCUT2D eigenvalue weighted by Gasteiger charge is 2.30. The average molecular weight is 312 g/mol. The van der Waals surface area contributed by atoms with Gasteiger partial charge in [-0.25, -0.2) is 0 Å². The second-order valence-electron chi connectivity index (χ2n) is 5.07. The molecule has 1 atom stereocenters. The number of carbonyl (C=O) groups is 2. The molecule has 0 radical (unpaired) electrons. The standard InChI is InChI=1S/C16H21NO3.ClH/c1-2-20-16(19)14-8-10-17(11-9-15(14)18)12-13-6-4-3-5-7-13;/h3-7,14H,2,8-12H2,1H3;1H. The van der Waals surface area contributed by atoms with Crippen molar-refractivity contribution in [2.24, 2.45) is 5.92 Å². The van der Waals surface area contributed by atoms with Crippen LogP contribution in [0.5, 0.6) is 0 Å². The Kier molecular flexibility index (Phi) is 7.40. The molecule has 21 heavy (non-hydrogen) atoms. The number of hydrogen-bond acceptors (Lipinski definition) is 4. The van der Waals surface area contributed by atoms with Crippen LogP contribution < -0.4 is 0 Å². The van der Waals surface area contributed by atoms with E-state index in [9.17, 15) is 9.59 Å². The van der Waals surface area contributed by atoms with Gasteiger partial charge in [0, 0.05) is 19.5 Å². The number of likely N-dealkylation sites (tertiary alicyclic amines) is 1. The van der Waals surface area contributed by atoms with Gasteiger partial charge in [0.1, 0.15) is 11.7 Å². The van der Waals surface area contributed by atoms with Gasteiger partial charge in [0.15, 0.2) is 0 Å². The normalized spacial score (nSPS) is 19.5. The van der Waals surface area contributed by atoms with E-state index in [4.69, 9.17) is 4.74 Å². The molecule has 116 valence electrons. The highest BCUT2D eigenvalue weighted by molar-refractivity contribution is 5.99. The Balaban J connectivity index is 0.00000220. The Morgan fingerprint density at radius 1 is 1.29 bits per heavy atom. The molecule has 0 spiro atoms.